The molecule has 1 atom stereocenters. The number of hydrogen-bond acceptors (Lipinski definition) is 6. The van der Waals surface area contributed by atoms with Crippen LogP contribution in [-0.2, 0) is 9.53 Å². The fraction of sp³-hybridized carbons (Fsp3) is 0.480. The number of benzene rings is 1. The molecule has 176 valence electrons. The van der Waals surface area contributed by atoms with Crippen LogP contribution in [0, 0.1) is 0 Å². The van der Waals surface area contributed by atoms with Crippen LogP contribution >= 0.6 is 0 Å². The number of anilines is 1. The minimum Gasteiger partial charge on any atom is -0.494 e. The monoisotopic (exact) mass is 452 g/mol. The largest absolute Gasteiger partial charge is 0.494 e. The van der Waals surface area contributed by atoms with E-state index in [9.17, 15) is 9.59 Å². The molecular formula is C25H32N4O4. The molecular weight excluding hydrogens is 420 g/mol. The van der Waals surface area contributed by atoms with Crippen LogP contribution in [0.2, 0.25) is 0 Å². The summed E-state index contributed by atoms with van der Waals surface area (Å²) in [6, 6.07) is 13.2. The Hall–Kier alpha value is -3.13. The summed E-state index contributed by atoms with van der Waals surface area (Å²) in [5.41, 5.74) is 0.563. The van der Waals surface area contributed by atoms with Crippen molar-refractivity contribution in [1.29, 1.82) is 0 Å². The van der Waals surface area contributed by atoms with E-state index in [1.807, 2.05) is 35.2 Å². The number of amides is 2. The molecule has 0 bridgehead atoms. The second kappa shape index (κ2) is 11.7. The fourth-order valence-electron chi connectivity index (χ4n) is 4.19. The number of para-hydroxylation sites is 1. The predicted molar refractivity (Wildman–Crippen MR) is 126 cm³/mol. The first-order valence-corrected chi connectivity index (χ1v) is 11.8. The van der Waals surface area contributed by atoms with Gasteiger partial charge in [-0.3, -0.25) is 9.59 Å². The lowest BCUT2D eigenvalue weighted by Crippen LogP contribution is -2.49. The fourth-order valence-corrected chi connectivity index (χ4v) is 4.19. The highest BCUT2D eigenvalue weighted by Crippen LogP contribution is 2.20. The first-order chi connectivity index (χ1) is 16.2. The topological polar surface area (TPSA) is 84.0 Å². The van der Waals surface area contributed by atoms with Gasteiger partial charge in [0.15, 0.2) is 0 Å². The number of hydrogen-bond donors (Lipinski definition) is 1. The van der Waals surface area contributed by atoms with Crippen molar-refractivity contribution < 1.29 is 19.1 Å². The molecule has 0 spiro atoms. The number of carbonyl (C=O) groups is 2. The Morgan fingerprint density at radius 1 is 1.09 bits per heavy atom. The van der Waals surface area contributed by atoms with E-state index in [4.69, 9.17) is 9.47 Å². The Labute approximate surface area is 194 Å². The molecule has 3 heterocycles. The number of aromatic nitrogens is 1. The standard InChI is InChI=1S/C25H32N4O4/c30-23(11-6-18-32-20-7-2-1-3-8-20)28-13-15-29(16-14-28)24-22(10-4-12-26-24)25(31)27-19-21-9-5-17-33-21/h1-4,7-8,10,12,21H,5-6,9,11,13-19H2,(H,27,31)/t21-/m1/s1. The number of piperazine rings is 1. The van der Waals surface area contributed by atoms with E-state index < -0.39 is 0 Å². The maximum absolute atomic E-state index is 12.8. The van der Waals surface area contributed by atoms with E-state index in [2.05, 4.69) is 15.2 Å². The van der Waals surface area contributed by atoms with Gasteiger partial charge >= 0.3 is 0 Å². The summed E-state index contributed by atoms with van der Waals surface area (Å²) in [6.07, 6.45) is 4.98. The molecule has 1 N–H and O–H groups in total. The van der Waals surface area contributed by atoms with Gasteiger partial charge in [0.25, 0.3) is 5.91 Å². The number of pyridine rings is 1. The molecule has 2 saturated heterocycles. The Balaban J connectivity index is 1.23. The van der Waals surface area contributed by atoms with Crippen molar-refractivity contribution in [2.24, 2.45) is 0 Å². The van der Waals surface area contributed by atoms with Gasteiger partial charge in [0.2, 0.25) is 5.91 Å². The second-order valence-electron chi connectivity index (χ2n) is 8.35. The van der Waals surface area contributed by atoms with E-state index >= 15 is 0 Å². The highest BCUT2D eigenvalue weighted by Gasteiger charge is 2.25. The lowest BCUT2D eigenvalue weighted by Gasteiger charge is -2.36. The summed E-state index contributed by atoms with van der Waals surface area (Å²) >= 11 is 0. The van der Waals surface area contributed by atoms with E-state index in [-0.39, 0.29) is 17.9 Å². The van der Waals surface area contributed by atoms with E-state index in [1.54, 1.807) is 18.3 Å². The van der Waals surface area contributed by atoms with Crippen LogP contribution in [0.5, 0.6) is 5.75 Å². The quantitative estimate of drug-likeness (QED) is 0.589. The summed E-state index contributed by atoms with van der Waals surface area (Å²) in [4.78, 5) is 33.8. The number of ether oxygens (including phenoxy) is 2. The van der Waals surface area contributed by atoms with Crippen LogP contribution in [-0.4, -0.2) is 73.7 Å². The van der Waals surface area contributed by atoms with Gasteiger partial charge in [-0.25, -0.2) is 4.98 Å². The van der Waals surface area contributed by atoms with Gasteiger partial charge in [-0.15, -0.1) is 0 Å². The van der Waals surface area contributed by atoms with E-state index in [0.717, 1.165) is 25.2 Å². The van der Waals surface area contributed by atoms with Crippen LogP contribution in [0.25, 0.3) is 0 Å². The zero-order chi connectivity index (χ0) is 22.9. The smallest absolute Gasteiger partial charge is 0.255 e. The van der Waals surface area contributed by atoms with Crippen molar-refractivity contribution in [3.63, 3.8) is 0 Å². The van der Waals surface area contributed by atoms with E-state index in [0.29, 0.717) is 63.6 Å². The van der Waals surface area contributed by atoms with Crippen LogP contribution in [0.3, 0.4) is 0 Å². The number of rotatable bonds is 9. The van der Waals surface area contributed by atoms with Gasteiger partial charge in [0.05, 0.1) is 18.3 Å². The summed E-state index contributed by atoms with van der Waals surface area (Å²) in [5.74, 6) is 1.50. The van der Waals surface area contributed by atoms with Crippen LogP contribution in [0.15, 0.2) is 48.7 Å². The minimum absolute atomic E-state index is 0.0988. The molecule has 1 aromatic carbocycles. The molecule has 0 radical (unpaired) electrons. The molecule has 0 unspecified atom stereocenters. The third-order valence-electron chi connectivity index (χ3n) is 6.02. The van der Waals surface area contributed by atoms with E-state index in [1.165, 1.54) is 0 Å². The zero-order valence-corrected chi connectivity index (χ0v) is 18.9. The molecule has 8 nitrogen and oxygen atoms in total. The minimum atomic E-state index is -0.134. The van der Waals surface area contributed by atoms with Crippen molar-refractivity contribution in [3.05, 3.63) is 54.2 Å². The maximum atomic E-state index is 12.8. The molecule has 33 heavy (non-hydrogen) atoms. The summed E-state index contributed by atoms with van der Waals surface area (Å²) in [6.45, 7) is 4.33. The van der Waals surface area contributed by atoms with Gasteiger partial charge in [-0.2, -0.15) is 0 Å². The van der Waals surface area contributed by atoms with Crippen LogP contribution in [0.1, 0.15) is 36.0 Å². The van der Waals surface area contributed by atoms with Gasteiger partial charge in [-0.1, -0.05) is 18.2 Å². The summed E-state index contributed by atoms with van der Waals surface area (Å²) in [5, 5.41) is 2.98. The average Bonchev–Trinajstić information content (AvgIpc) is 3.40. The molecule has 2 amide bonds. The predicted octanol–water partition coefficient (Wildman–Crippen LogP) is 2.50. The lowest BCUT2D eigenvalue weighted by atomic mass is 10.2. The Kier molecular flexibility index (Phi) is 8.14. The molecule has 2 fully saturated rings. The maximum Gasteiger partial charge on any atom is 0.255 e. The molecule has 0 saturated carbocycles. The molecule has 1 aromatic heterocycles. The molecule has 0 aliphatic carbocycles. The third kappa shape index (κ3) is 6.44. The molecule has 2 aliphatic rings. The average molecular weight is 453 g/mol. The molecule has 2 aromatic rings. The Morgan fingerprint density at radius 2 is 1.91 bits per heavy atom. The van der Waals surface area contributed by atoms with Crippen LogP contribution < -0.4 is 15.0 Å². The second-order valence-corrected chi connectivity index (χ2v) is 8.35. The molecule has 8 heteroatoms. The lowest BCUT2D eigenvalue weighted by molar-refractivity contribution is -0.131. The zero-order valence-electron chi connectivity index (χ0n) is 18.9. The molecule has 2 aliphatic heterocycles. The van der Waals surface area contributed by atoms with Gasteiger partial charge in [-0.05, 0) is 43.5 Å². The van der Waals surface area contributed by atoms with Crippen molar-refractivity contribution in [3.8, 4) is 5.75 Å². The van der Waals surface area contributed by atoms with Crippen molar-refractivity contribution in [2.45, 2.75) is 31.8 Å². The Bertz CT molecular complexity index is 910. The third-order valence-corrected chi connectivity index (χ3v) is 6.02. The summed E-state index contributed by atoms with van der Waals surface area (Å²) in [7, 11) is 0. The number of nitrogens with one attached hydrogen (secondary N) is 1. The van der Waals surface area contributed by atoms with Crippen molar-refractivity contribution in [2.75, 3.05) is 50.8 Å². The van der Waals surface area contributed by atoms with Crippen LogP contribution in [0.4, 0.5) is 5.82 Å². The first kappa shape index (κ1) is 23.0. The van der Waals surface area contributed by atoms with Gasteiger partial charge in [0.1, 0.15) is 11.6 Å². The van der Waals surface area contributed by atoms with Crippen molar-refractivity contribution >= 4 is 17.6 Å². The summed E-state index contributed by atoms with van der Waals surface area (Å²) < 4.78 is 11.3. The van der Waals surface area contributed by atoms with Gasteiger partial charge < -0.3 is 24.6 Å². The molecule has 4 rings (SSSR count). The Morgan fingerprint density at radius 3 is 2.67 bits per heavy atom. The number of nitrogens with zero attached hydrogens (tertiary/aromatic N) is 3. The number of carbonyl (C=O) groups excluding carboxylic acids is 2. The highest BCUT2D eigenvalue weighted by atomic mass is 16.5. The van der Waals surface area contributed by atoms with Crippen molar-refractivity contribution in [1.82, 2.24) is 15.2 Å². The first-order valence-electron chi connectivity index (χ1n) is 11.8. The SMILES string of the molecule is O=C(NC[C@H]1CCCO1)c1cccnc1N1CCN(C(=O)CCCOc2ccccc2)CC1. The van der Waals surface area contributed by atoms with Gasteiger partial charge in [0, 0.05) is 51.9 Å². The normalized spacial score (nSPS) is 18.2. The highest BCUT2D eigenvalue weighted by molar-refractivity contribution is 5.99.